The SMILES string of the molecule is O=C(O)CCC(=O)Oc1c(I)cc(I)cc1I. The number of hydrogen-bond acceptors (Lipinski definition) is 3. The molecule has 1 aromatic carbocycles. The van der Waals surface area contributed by atoms with Crippen molar-refractivity contribution in [2.75, 3.05) is 0 Å². The second-order valence-electron chi connectivity index (χ2n) is 3.07. The smallest absolute Gasteiger partial charge is 0.311 e. The van der Waals surface area contributed by atoms with Gasteiger partial charge in [-0.3, -0.25) is 9.59 Å². The third kappa shape index (κ3) is 5.24. The summed E-state index contributed by atoms with van der Waals surface area (Å²) in [6, 6.07) is 3.78. The van der Waals surface area contributed by atoms with E-state index in [4.69, 9.17) is 9.84 Å². The van der Waals surface area contributed by atoms with Crippen LogP contribution in [0.5, 0.6) is 5.75 Å². The van der Waals surface area contributed by atoms with Crippen molar-refractivity contribution < 1.29 is 19.4 Å². The molecule has 1 aromatic rings. The molecule has 0 saturated heterocycles. The number of halogens is 3. The summed E-state index contributed by atoms with van der Waals surface area (Å²) < 4.78 is 7.89. The van der Waals surface area contributed by atoms with E-state index in [9.17, 15) is 9.59 Å². The fourth-order valence-electron chi connectivity index (χ4n) is 1.00. The van der Waals surface area contributed by atoms with E-state index in [0.29, 0.717) is 5.75 Å². The van der Waals surface area contributed by atoms with Gasteiger partial charge in [0, 0.05) is 3.57 Å². The molecule has 0 fully saturated rings. The molecule has 0 aliphatic rings. The van der Waals surface area contributed by atoms with Crippen molar-refractivity contribution >= 4 is 79.7 Å². The number of rotatable bonds is 4. The largest absolute Gasteiger partial charge is 0.481 e. The Morgan fingerprint density at radius 2 is 1.65 bits per heavy atom. The lowest BCUT2D eigenvalue weighted by Gasteiger charge is -2.08. The summed E-state index contributed by atoms with van der Waals surface area (Å²) in [5, 5.41) is 8.46. The third-order valence-corrected chi connectivity index (χ3v) is 3.95. The van der Waals surface area contributed by atoms with Crippen molar-refractivity contribution in [3.8, 4) is 5.75 Å². The summed E-state index contributed by atoms with van der Waals surface area (Å²) in [5.74, 6) is -1.03. The quantitative estimate of drug-likeness (QED) is 0.342. The topological polar surface area (TPSA) is 63.6 Å². The number of carboxylic acids is 1. The molecule has 0 atom stereocenters. The molecule has 1 N–H and O–H groups in total. The van der Waals surface area contributed by atoms with Gasteiger partial charge in [0.15, 0.2) is 5.75 Å². The molecular weight excluding hydrogens is 565 g/mol. The van der Waals surface area contributed by atoms with Crippen LogP contribution in [0.3, 0.4) is 0 Å². The van der Waals surface area contributed by atoms with E-state index in [1.807, 2.05) is 12.1 Å². The Morgan fingerprint density at radius 3 is 2.12 bits per heavy atom. The number of carbonyl (C=O) groups excluding carboxylic acids is 1. The highest BCUT2D eigenvalue weighted by Gasteiger charge is 2.13. The van der Waals surface area contributed by atoms with Crippen molar-refractivity contribution in [3.05, 3.63) is 22.8 Å². The summed E-state index contributed by atoms with van der Waals surface area (Å²) in [7, 11) is 0. The molecule has 0 aliphatic heterocycles. The lowest BCUT2D eigenvalue weighted by Crippen LogP contribution is -2.11. The minimum atomic E-state index is -1.01. The highest BCUT2D eigenvalue weighted by Crippen LogP contribution is 2.29. The van der Waals surface area contributed by atoms with Crippen LogP contribution in [0.4, 0.5) is 0 Å². The van der Waals surface area contributed by atoms with Gasteiger partial charge in [-0.2, -0.15) is 0 Å². The number of ether oxygens (including phenoxy) is 1. The molecule has 0 heterocycles. The number of aliphatic carboxylic acids is 1. The summed E-state index contributed by atoms with van der Waals surface area (Å²) in [5.41, 5.74) is 0. The molecule has 0 radical (unpaired) electrons. The summed E-state index contributed by atoms with van der Waals surface area (Å²) in [4.78, 5) is 21.7. The monoisotopic (exact) mass is 572 g/mol. The Morgan fingerprint density at radius 1 is 1.12 bits per heavy atom. The third-order valence-electron chi connectivity index (χ3n) is 1.72. The van der Waals surface area contributed by atoms with Gasteiger partial charge >= 0.3 is 11.9 Å². The molecule has 0 bridgehead atoms. The second-order valence-corrected chi connectivity index (χ2v) is 6.64. The summed E-state index contributed by atoms with van der Waals surface area (Å²) >= 11 is 6.35. The van der Waals surface area contributed by atoms with Crippen LogP contribution in [0.15, 0.2) is 12.1 Å². The number of carboxylic acid groups (broad SMARTS) is 1. The van der Waals surface area contributed by atoms with E-state index in [2.05, 4.69) is 67.8 Å². The highest BCUT2D eigenvalue weighted by molar-refractivity contribution is 14.1. The van der Waals surface area contributed by atoms with E-state index in [1.54, 1.807) is 0 Å². The van der Waals surface area contributed by atoms with Crippen LogP contribution >= 0.6 is 67.8 Å². The zero-order valence-electron chi connectivity index (χ0n) is 8.37. The Hall–Kier alpha value is 0.350. The first-order valence-electron chi connectivity index (χ1n) is 4.47. The second kappa shape index (κ2) is 7.07. The van der Waals surface area contributed by atoms with Gasteiger partial charge in [0.05, 0.1) is 20.0 Å². The zero-order valence-corrected chi connectivity index (χ0v) is 14.8. The van der Waals surface area contributed by atoms with Gasteiger partial charge in [0.1, 0.15) is 0 Å². The minimum absolute atomic E-state index is 0.118. The predicted molar refractivity (Wildman–Crippen MR) is 87.1 cm³/mol. The van der Waals surface area contributed by atoms with Gasteiger partial charge in [-0.15, -0.1) is 0 Å². The molecule has 17 heavy (non-hydrogen) atoms. The van der Waals surface area contributed by atoms with Crippen LogP contribution in [0, 0.1) is 10.7 Å². The van der Waals surface area contributed by atoms with Crippen molar-refractivity contribution in [2.24, 2.45) is 0 Å². The predicted octanol–water partition coefficient (Wildman–Crippen LogP) is 3.27. The Labute approximate surface area is 139 Å². The number of carbonyl (C=O) groups is 2. The van der Waals surface area contributed by atoms with Crippen LogP contribution < -0.4 is 4.74 Å². The molecule has 4 nitrogen and oxygen atoms in total. The number of benzene rings is 1. The molecule has 0 aromatic heterocycles. The van der Waals surface area contributed by atoms with E-state index in [1.165, 1.54) is 0 Å². The van der Waals surface area contributed by atoms with Gasteiger partial charge in [-0.05, 0) is 79.9 Å². The van der Waals surface area contributed by atoms with Crippen LogP contribution in [-0.4, -0.2) is 17.0 Å². The molecule has 1 rings (SSSR count). The molecule has 92 valence electrons. The van der Waals surface area contributed by atoms with Crippen molar-refractivity contribution in [1.82, 2.24) is 0 Å². The van der Waals surface area contributed by atoms with E-state index < -0.39 is 11.9 Å². The van der Waals surface area contributed by atoms with Gasteiger partial charge in [-0.1, -0.05) is 0 Å². The van der Waals surface area contributed by atoms with Crippen LogP contribution in [0.25, 0.3) is 0 Å². The number of esters is 1. The normalized spacial score (nSPS) is 10.1. The van der Waals surface area contributed by atoms with E-state index in [-0.39, 0.29) is 12.8 Å². The Balaban J connectivity index is 2.75. The van der Waals surface area contributed by atoms with Gasteiger partial charge in [0.2, 0.25) is 0 Å². The molecule has 0 aliphatic carbocycles. The Kier molecular flexibility index (Phi) is 6.40. The lowest BCUT2D eigenvalue weighted by molar-refractivity contribution is -0.142. The first-order valence-corrected chi connectivity index (χ1v) is 7.71. The van der Waals surface area contributed by atoms with Gasteiger partial charge in [0.25, 0.3) is 0 Å². The molecule has 0 unspecified atom stereocenters. The first-order chi connectivity index (χ1) is 7.90. The van der Waals surface area contributed by atoms with Crippen molar-refractivity contribution in [1.29, 1.82) is 0 Å². The fraction of sp³-hybridized carbons (Fsp3) is 0.200. The van der Waals surface area contributed by atoms with E-state index in [0.717, 1.165) is 10.7 Å². The van der Waals surface area contributed by atoms with Crippen molar-refractivity contribution in [2.45, 2.75) is 12.8 Å². The number of hydrogen-bond donors (Lipinski definition) is 1. The molecule has 0 spiro atoms. The van der Waals surface area contributed by atoms with Crippen LogP contribution in [0.1, 0.15) is 12.8 Å². The van der Waals surface area contributed by atoms with Crippen molar-refractivity contribution in [3.63, 3.8) is 0 Å². The van der Waals surface area contributed by atoms with E-state index >= 15 is 0 Å². The summed E-state index contributed by atoms with van der Waals surface area (Å²) in [6.07, 6.45) is -0.330. The minimum Gasteiger partial charge on any atom is -0.481 e. The lowest BCUT2D eigenvalue weighted by atomic mass is 10.3. The average molecular weight is 572 g/mol. The average Bonchev–Trinajstić information content (AvgIpc) is 2.20. The maximum Gasteiger partial charge on any atom is 0.311 e. The standard InChI is InChI=1S/C10H7I3O4/c11-5-3-6(12)10(7(13)4-5)17-9(16)2-1-8(14)15/h3-4H,1-2H2,(H,14,15). The maximum absolute atomic E-state index is 11.4. The fourth-order valence-corrected chi connectivity index (χ4v) is 4.80. The highest BCUT2D eigenvalue weighted by atomic mass is 127. The van der Waals surface area contributed by atoms with Crippen LogP contribution in [-0.2, 0) is 9.59 Å². The molecule has 0 saturated carbocycles. The molecule has 7 heteroatoms. The molecular formula is C10H7I3O4. The first kappa shape index (κ1) is 15.4. The molecule has 0 amide bonds. The Bertz CT molecular complexity index is 436. The van der Waals surface area contributed by atoms with Crippen LogP contribution in [0.2, 0.25) is 0 Å². The summed E-state index contributed by atoms with van der Waals surface area (Å²) in [6.45, 7) is 0. The van der Waals surface area contributed by atoms with Gasteiger partial charge < -0.3 is 9.84 Å². The maximum atomic E-state index is 11.4. The van der Waals surface area contributed by atoms with Gasteiger partial charge in [-0.25, -0.2) is 0 Å². The zero-order chi connectivity index (χ0) is 13.0.